The fraction of sp³-hybridized carbons (Fsp3) is 1.00. The van der Waals surface area contributed by atoms with Gasteiger partial charge in [0.2, 0.25) is 0 Å². The lowest BCUT2D eigenvalue weighted by atomic mass is 9.88. The maximum Gasteiger partial charge on any atom is 0.0708 e. The van der Waals surface area contributed by atoms with Crippen molar-refractivity contribution >= 4 is 23.5 Å². The van der Waals surface area contributed by atoms with Crippen molar-refractivity contribution in [2.45, 2.75) is 55.9 Å². The molecule has 2 unspecified atom stereocenters. The Hall–Kier alpha value is 0.620. The van der Waals surface area contributed by atoms with Crippen LogP contribution in [0.4, 0.5) is 0 Å². The molecule has 2 heterocycles. The highest BCUT2D eigenvalue weighted by Gasteiger charge is 2.38. The Morgan fingerprint density at radius 2 is 2.24 bits per heavy atom. The molecular weight excluding hydrogens is 250 g/mol. The predicted octanol–water partition coefficient (Wildman–Crippen LogP) is 2.90. The van der Waals surface area contributed by atoms with Crippen molar-refractivity contribution in [3.63, 3.8) is 0 Å². The Balaban J connectivity index is 1.76. The summed E-state index contributed by atoms with van der Waals surface area (Å²) in [7, 11) is 0. The second-order valence-electron chi connectivity index (χ2n) is 5.40. The first-order valence-electron chi connectivity index (χ1n) is 6.79. The smallest absolute Gasteiger partial charge is 0.0708 e. The van der Waals surface area contributed by atoms with E-state index in [2.05, 4.69) is 30.4 Å². The average Bonchev–Trinajstić information content (AvgIpc) is 2.29. The van der Waals surface area contributed by atoms with Gasteiger partial charge in [0.05, 0.1) is 5.60 Å². The summed E-state index contributed by atoms with van der Waals surface area (Å²) in [5.41, 5.74) is 6.05. The van der Waals surface area contributed by atoms with Crippen molar-refractivity contribution in [2.24, 2.45) is 5.73 Å². The summed E-state index contributed by atoms with van der Waals surface area (Å²) >= 11 is 4.21. The molecule has 0 aromatic carbocycles. The molecule has 100 valence electrons. The lowest BCUT2D eigenvalue weighted by Gasteiger charge is -2.43. The fourth-order valence-electron chi connectivity index (χ4n) is 2.64. The molecule has 2 saturated heterocycles. The topological polar surface area (TPSA) is 35.2 Å². The van der Waals surface area contributed by atoms with Gasteiger partial charge in [0.1, 0.15) is 0 Å². The number of ether oxygens (including phenoxy) is 1. The highest BCUT2D eigenvalue weighted by atomic mass is 32.2. The Labute approximate surface area is 114 Å². The highest BCUT2D eigenvalue weighted by Crippen LogP contribution is 2.40. The minimum Gasteiger partial charge on any atom is -0.375 e. The van der Waals surface area contributed by atoms with Crippen molar-refractivity contribution in [1.82, 2.24) is 0 Å². The Bertz CT molecular complexity index is 224. The molecule has 1 spiro atoms. The third-order valence-corrected chi connectivity index (χ3v) is 6.11. The van der Waals surface area contributed by atoms with E-state index in [9.17, 15) is 0 Å². The molecule has 0 aromatic heterocycles. The van der Waals surface area contributed by atoms with Crippen LogP contribution in [0.5, 0.6) is 0 Å². The summed E-state index contributed by atoms with van der Waals surface area (Å²) in [5, 5.41) is 0.811. The molecule has 2 fully saturated rings. The van der Waals surface area contributed by atoms with E-state index in [4.69, 9.17) is 10.5 Å². The van der Waals surface area contributed by atoms with Gasteiger partial charge in [-0.15, -0.1) is 0 Å². The SMILES string of the molecule is CC(N)CCSC1CCOC2(CCSCC2)C1. The molecule has 2 nitrogen and oxygen atoms in total. The van der Waals surface area contributed by atoms with Crippen LogP contribution in [-0.4, -0.2) is 40.8 Å². The van der Waals surface area contributed by atoms with Crippen LogP contribution in [0.3, 0.4) is 0 Å². The quantitative estimate of drug-likeness (QED) is 0.855. The third kappa shape index (κ3) is 4.34. The summed E-state index contributed by atoms with van der Waals surface area (Å²) in [4.78, 5) is 0. The van der Waals surface area contributed by atoms with Crippen LogP contribution >= 0.6 is 23.5 Å². The minimum absolute atomic E-state index is 0.246. The molecule has 0 radical (unpaired) electrons. The summed E-state index contributed by atoms with van der Waals surface area (Å²) in [6.07, 6.45) is 6.19. The molecule has 2 rings (SSSR count). The van der Waals surface area contributed by atoms with E-state index >= 15 is 0 Å². The number of nitrogens with two attached hydrogens (primary N) is 1. The van der Waals surface area contributed by atoms with E-state index in [0.717, 1.165) is 18.3 Å². The molecule has 0 bridgehead atoms. The van der Waals surface area contributed by atoms with Gasteiger partial charge < -0.3 is 10.5 Å². The molecule has 2 N–H and O–H groups in total. The van der Waals surface area contributed by atoms with Crippen LogP contribution in [0.25, 0.3) is 0 Å². The lowest BCUT2D eigenvalue weighted by molar-refractivity contribution is -0.0804. The van der Waals surface area contributed by atoms with Crippen LogP contribution in [0.15, 0.2) is 0 Å². The first-order valence-corrected chi connectivity index (χ1v) is 8.99. The largest absolute Gasteiger partial charge is 0.375 e. The summed E-state index contributed by atoms with van der Waals surface area (Å²) in [6.45, 7) is 3.07. The summed E-state index contributed by atoms with van der Waals surface area (Å²) in [5.74, 6) is 3.79. The second kappa shape index (κ2) is 6.69. The number of hydrogen-bond donors (Lipinski definition) is 1. The predicted molar refractivity (Wildman–Crippen MR) is 79.0 cm³/mol. The number of rotatable bonds is 4. The monoisotopic (exact) mass is 275 g/mol. The highest BCUT2D eigenvalue weighted by molar-refractivity contribution is 8.00. The lowest BCUT2D eigenvalue weighted by Crippen LogP contribution is -2.43. The van der Waals surface area contributed by atoms with Gasteiger partial charge in [-0.1, -0.05) is 0 Å². The molecule has 2 aliphatic rings. The molecule has 2 atom stereocenters. The molecule has 2 aliphatic heterocycles. The van der Waals surface area contributed by atoms with Gasteiger partial charge in [-0.3, -0.25) is 0 Å². The van der Waals surface area contributed by atoms with Gasteiger partial charge in [-0.25, -0.2) is 0 Å². The average molecular weight is 275 g/mol. The van der Waals surface area contributed by atoms with E-state index in [1.54, 1.807) is 0 Å². The van der Waals surface area contributed by atoms with E-state index in [1.807, 2.05) is 0 Å². The van der Waals surface area contributed by atoms with Gasteiger partial charge >= 0.3 is 0 Å². The normalized spacial score (nSPS) is 30.4. The first-order chi connectivity index (χ1) is 8.20. The molecule has 0 aromatic rings. The minimum atomic E-state index is 0.246. The van der Waals surface area contributed by atoms with E-state index in [0.29, 0.717) is 6.04 Å². The van der Waals surface area contributed by atoms with Gasteiger partial charge in [0, 0.05) is 17.9 Å². The van der Waals surface area contributed by atoms with Crippen LogP contribution in [-0.2, 0) is 4.74 Å². The van der Waals surface area contributed by atoms with Gasteiger partial charge in [-0.2, -0.15) is 23.5 Å². The Kier molecular flexibility index (Phi) is 5.52. The second-order valence-corrected chi connectivity index (χ2v) is 8.03. The zero-order valence-corrected chi connectivity index (χ0v) is 12.5. The maximum atomic E-state index is 6.11. The fourth-order valence-corrected chi connectivity index (χ4v) is 5.40. The zero-order valence-electron chi connectivity index (χ0n) is 10.8. The van der Waals surface area contributed by atoms with Crippen molar-refractivity contribution in [1.29, 1.82) is 0 Å². The van der Waals surface area contributed by atoms with Crippen molar-refractivity contribution in [3.8, 4) is 0 Å². The van der Waals surface area contributed by atoms with Crippen LogP contribution < -0.4 is 5.73 Å². The number of hydrogen-bond acceptors (Lipinski definition) is 4. The van der Waals surface area contributed by atoms with E-state index in [-0.39, 0.29) is 5.60 Å². The molecule has 0 saturated carbocycles. The molecule has 4 heteroatoms. The molecule has 0 amide bonds. The van der Waals surface area contributed by atoms with E-state index in [1.165, 1.54) is 42.9 Å². The summed E-state index contributed by atoms with van der Waals surface area (Å²) < 4.78 is 6.11. The molecular formula is C13H25NOS2. The molecule has 0 aliphatic carbocycles. The van der Waals surface area contributed by atoms with E-state index < -0.39 is 0 Å². The van der Waals surface area contributed by atoms with Gasteiger partial charge in [-0.05, 0) is 56.3 Å². The van der Waals surface area contributed by atoms with Crippen LogP contribution in [0.1, 0.15) is 39.0 Å². The number of thioether (sulfide) groups is 2. The van der Waals surface area contributed by atoms with Crippen molar-refractivity contribution in [2.75, 3.05) is 23.9 Å². The standard InChI is InChI=1S/C13H25NOS2/c1-11(14)3-7-17-12-2-6-15-13(10-12)4-8-16-9-5-13/h11-12H,2-10,14H2,1H3. The molecule has 17 heavy (non-hydrogen) atoms. The maximum absolute atomic E-state index is 6.11. The Morgan fingerprint density at radius 3 is 2.94 bits per heavy atom. The van der Waals surface area contributed by atoms with Crippen molar-refractivity contribution < 1.29 is 4.74 Å². The zero-order chi connectivity index (χ0) is 12.1. The van der Waals surface area contributed by atoms with Crippen LogP contribution in [0.2, 0.25) is 0 Å². The summed E-state index contributed by atoms with van der Waals surface area (Å²) in [6, 6.07) is 0.349. The van der Waals surface area contributed by atoms with Gasteiger partial charge in [0.25, 0.3) is 0 Å². The Morgan fingerprint density at radius 1 is 1.47 bits per heavy atom. The van der Waals surface area contributed by atoms with Gasteiger partial charge in [0.15, 0.2) is 0 Å². The first kappa shape index (κ1) is 14.0. The third-order valence-electron chi connectivity index (χ3n) is 3.78. The van der Waals surface area contributed by atoms with Crippen LogP contribution in [0, 0.1) is 0 Å². The van der Waals surface area contributed by atoms with Crippen molar-refractivity contribution in [3.05, 3.63) is 0 Å².